The Kier molecular flexibility index (Phi) is 2.68. The lowest BCUT2D eigenvalue weighted by molar-refractivity contribution is -0.00772. The predicted octanol–water partition coefficient (Wildman–Crippen LogP) is 1.21. The molecular weight excluding hydrogens is 246 g/mol. The number of nitrogens with zero attached hydrogens (tertiary/aromatic N) is 3. The number of imidazole rings is 1. The second-order valence-corrected chi connectivity index (χ2v) is 4.97. The van der Waals surface area contributed by atoms with Crippen LogP contribution in [0.1, 0.15) is 17.2 Å². The molecule has 0 amide bonds. The van der Waals surface area contributed by atoms with Crippen LogP contribution in [0.25, 0.3) is 0 Å². The standard InChI is InChI=1S/C13H15N3O3/c1-16(18,19)12-7-15(8-14-12)13-10-5-3-2-4-9(10)6-11(13)17/h2-5,7-8,11,13,17-18H,6H2,1H3. The van der Waals surface area contributed by atoms with Crippen LogP contribution in [0.2, 0.25) is 0 Å². The second kappa shape index (κ2) is 4.14. The van der Waals surface area contributed by atoms with Gasteiger partial charge in [-0.1, -0.05) is 24.3 Å². The van der Waals surface area contributed by atoms with E-state index in [-0.39, 0.29) is 11.9 Å². The lowest BCUT2D eigenvalue weighted by atomic mass is 10.1. The number of aliphatic hydroxyl groups is 1. The average molecular weight is 261 g/mol. The number of hydroxylamine groups is 2. The molecule has 6 nitrogen and oxygen atoms in total. The van der Waals surface area contributed by atoms with Gasteiger partial charge in [0.05, 0.1) is 18.3 Å². The van der Waals surface area contributed by atoms with Gasteiger partial charge in [0.15, 0.2) is 0 Å². The molecule has 0 fully saturated rings. The fourth-order valence-corrected chi connectivity index (χ4v) is 2.60. The van der Waals surface area contributed by atoms with Crippen molar-refractivity contribution >= 4 is 5.82 Å². The summed E-state index contributed by atoms with van der Waals surface area (Å²) in [5.41, 5.74) is 2.12. The fourth-order valence-electron chi connectivity index (χ4n) is 2.60. The molecule has 0 bridgehead atoms. The van der Waals surface area contributed by atoms with Crippen molar-refractivity contribution in [2.24, 2.45) is 0 Å². The van der Waals surface area contributed by atoms with Crippen LogP contribution in [0.15, 0.2) is 36.8 Å². The first kappa shape index (κ1) is 12.3. The van der Waals surface area contributed by atoms with Gasteiger partial charge in [0, 0.05) is 6.42 Å². The first-order chi connectivity index (χ1) is 8.97. The largest absolute Gasteiger partial charge is 0.592 e. The van der Waals surface area contributed by atoms with E-state index in [1.54, 1.807) is 4.57 Å². The van der Waals surface area contributed by atoms with Crippen molar-refractivity contribution in [2.75, 3.05) is 7.05 Å². The molecule has 0 spiro atoms. The highest BCUT2D eigenvalue weighted by Gasteiger charge is 2.33. The summed E-state index contributed by atoms with van der Waals surface area (Å²) in [6, 6.07) is 7.54. The smallest absolute Gasteiger partial charge is 0.278 e. The van der Waals surface area contributed by atoms with Crippen molar-refractivity contribution in [3.05, 3.63) is 53.1 Å². The van der Waals surface area contributed by atoms with Crippen LogP contribution in [0, 0.1) is 5.21 Å². The Labute approximate surface area is 110 Å². The molecule has 100 valence electrons. The normalized spacial score (nSPS) is 25.1. The minimum absolute atomic E-state index is 0.00317. The van der Waals surface area contributed by atoms with E-state index in [0.29, 0.717) is 6.42 Å². The number of aromatic nitrogens is 2. The van der Waals surface area contributed by atoms with Crippen molar-refractivity contribution < 1.29 is 10.3 Å². The highest BCUT2D eigenvalue weighted by Crippen LogP contribution is 2.35. The summed E-state index contributed by atoms with van der Waals surface area (Å²) in [7, 11) is 1.09. The van der Waals surface area contributed by atoms with Crippen LogP contribution in [0.4, 0.5) is 5.82 Å². The number of quaternary nitrogens is 1. The maximum absolute atomic E-state index is 11.4. The molecule has 3 unspecified atom stereocenters. The molecule has 1 aromatic carbocycles. The first-order valence-electron chi connectivity index (χ1n) is 6.07. The molecule has 19 heavy (non-hydrogen) atoms. The number of benzene rings is 1. The SMILES string of the molecule is C[N+]([O-])(O)c1cn(C2c3ccccc3CC2O)cn1. The molecule has 1 heterocycles. The van der Waals surface area contributed by atoms with E-state index in [1.807, 2.05) is 24.3 Å². The van der Waals surface area contributed by atoms with Crippen molar-refractivity contribution in [1.29, 1.82) is 0 Å². The van der Waals surface area contributed by atoms with Crippen molar-refractivity contribution in [2.45, 2.75) is 18.6 Å². The molecule has 0 radical (unpaired) electrons. The second-order valence-electron chi connectivity index (χ2n) is 4.97. The van der Waals surface area contributed by atoms with Gasteiger partial charge in [0.2, 0.25) is 0 Å². The third kappa shape index (κ3) is 2.04. The maximum Gasteiger partial charge on any atom is 0.278 e. The number of hydrogen-bond acceptors (Lipinski definition) is 4. The van der Waals surface area contributed by atoms with Gasteiger partial charge in [-0.25, -0.2) is 5.21 Å². The first-order valence-corrected chi connectivity index (χ1v) is 6.07. The van der Waals surface area contributed by atoms with Crippen molar-refractivity contribution in [3.63, 3.8) is 0 Å². The van der Waals surface area contributed by atoms with Crippen LogP contribution in [-0.2, 0) is 6.42 Å². The zero-order valence-electron chi connectivity index (χ0n) is 10.5. The third-order valence-corrected chi connectivity index (χ3v) is 3.50. The van der Waals surface area contributed by atoms with Gasteiger partial charge < -0.3 is 14.9 Å². The summed E-state index contributed by atoms with van der Waals surface area (Å²) in [5, 5.41) is 30.9. The topological polar surface area (TPSA) is 81.3 Å². The molecule has 0 saturated carbocycles. The number of rotatable bonds is 2. The van der Waals surface area contributed by atoms with Gasteiger partial charge >= 0.3 is 0 Å². The summed E-state index contributed by atoms with van der Waals surface area (Å²) in [6.45, 7) is 0. The van der Waals surface area contributed by atoms with Gasteiger partial charge in [-0.15, -0.1) is 0 Å². The molecule has 6 heteroatoms. The summed E-state index contributed by atoms with van der Waals surface area (Å²) in [5.74, 6) is -0.00317. The Morgan fingerprint density at radius 2 is 2.16 bits per heavy atom. The van der Waals surface area contributed by atoms with E-state index in [0.717, 1.165) is 18.2 Å². The van der Waals surface area contributed by atoms with Crippen molar-refractivity contribution in [1.82, 2.24) is 14.4 Å². The van der Waals surface area contributed by atoms with Gasteiger partial charge in [-0.05, 0) is 11.1 Å². The molecule has 3 rings (SSSR count). The Balaban J connectivity index is 2.01. The highest BCUT2D eigenvalue weighted by atomic mass is 16.8. The van der Waals surface area contributed by atoms with E-state index < -0.39 is 10.9 Å². The Morgan fingerprint density at radius 1 is 1.42 bits per heavy atom. The van der Waals surface area contributed by atoms with Crippen molar-refractivity contribution in [3.8, 4) is 0 Å². The van der Waals surface area contributed by atoms with E-state index in [1.165, 1.54) is 12.5 Å². The van der Waals surface area contributed by atoms with Gasteiger partial charge in [0.25, 0.3) is 5.82 Å². The fraction of sp³-hybridized carbons (Fsp3) is 0.308. The number of aliphatic hydroxyl groups excluding tert-OH is 1. The Hall–Kier alpha value is -1.73. The molecule has 1 aliphatic rings. The molecular formula is C13H15N3O3. The van der Waals surface area contributed by atoms with Gasteiger partial charge in [-0.3, -0.25) is 0 Å². The third-order valence-electron chi connectivity index (χ3n) is 3.50. The van der Waals surface area contributed by atoms with Crippen LogP contribution in [0.3, 0.4) is 0 Å². The zero-order chi connectivity index (χ0) is 13.6. The molecule has 3 atom stereocenters. The molecule has 1 aromatic heterocycles. The van der Waals surface area contributed by atoms with E-state index in [9.17, 15) is 15.5 Å². The van der Waals surface area contributed by atoms with E-state index >= 15 is 0 Å². The Bertz CT molecular complexity index is 603. The average Bonchev–Trinajstić information content (AvgIpc) is 2.90. The quantitative estimate of drug-likeness (QED) is 0.629. The molecule has 2 aromatic rings. The van der Waals surface area contributed by atoms with Crippen LogP contribution in [0.5, 0.6) is 0 Å². The molecule has 0 saturated heterocycles. The van der Waals surface area contributed by atoms with E-state index in [2.05, 4.69) is 4.98 Å². The summed E-state index contributed by atoms with van der Waals surface area (Å²) < 4.78 is 1.68. The van der Waals surface area contributed by atoms with Gasteiger partial charge in [-0.2, -0.15) is 9.79 Å². The minimum Gasteiger partial charge on any atom is -0.592 e. The Morgan fingerprint density at radius 3 is 2.84 bits per heavy atom. The summed E-state index contributed by atoms with van der Waals surface area (Å²) in [6.07, 6.45) is 2.97. The monoisotopic (exact) mass is 261 g/mol. The minimum atomic E-state index is -1.57. The molecule has 2 N–H and O–H groups in total. The lowest BCUT2D eigenvalue weighted by Gasteiger charge is -2.24. The summed E-state index contributed by atoms with van der Waals surface area (Å²) >= 11 is 0. The lowest BCUT2D eigenvalue weighted by Crippen LogP contribution is -2.33. The van der Waals surface area contributed by atoms with Crippen LogP contribution in [-0.4, -0.2) is 33.0 Å². The highest BCUT2D eigenvalue weighted by molar-refractivity contribution is 5.38. The van der Waals surface area contributed by atoms with Crippen LogP contribution >= 0.6 is 0 Å². The molecule has 0 aliphatic heterocycles. The van der Waals surface area contributed by atoms with Crippen LogP contribution < -0.4 is 4.81 Å². The number of hydrogen-bond donors (Lipinski definition) is 2. The summed E-state index contributed by atoms with van der Waals surface area (Å²) in [4.78, 5) is 2.33. The zero-order valence-corrected chi connectivity index (χ0v) is 10.5. The number of fused-ring (bicyclic) bond motifs is 1. The predicted molar refractivity (Wildman–Crippen MR) is 69.4 cm³/mol. The van der Waals surface area contributed by atoms with Gasteiger partial charge in [0.1, 0.15) is 13.4 Å². The maximum atomic E-state index is 11.4. The van der Waals surface area contributed by atoms with E-state index in [4.69, 9.17) is 0 Å². The molecule has 1 aliphatic carbocycles.